The van der Waals surface area contributed by atoms with E-state index < -0.39 is 0 Å². The zero-order valence-electron chi connectivity index (χ0n) is 12.9. The van der Waals surface area contributed by atoms with Crippen molar-refractivity contribution < 1.29 is 4.74 Å². The van der Waals surface area contributed by atoms with Gasteiger partial charge in [0, 0.05) is 28.3 Å². The molecule has 0 bridgehead atoms. The van der Waals surface area contributed by atoms with Gasteiger partial charge in [0.2, 0.25) is 0 Å². The SMILES string of the molecule is CNC(C)c1ccc(Br)cc1OCc1ccn(C(C)C)n1. The number of rotatable bonds is 6. The van der Waals surface area contributed by atoms with E-state index in [0.717, 1.165) is 21.5 Å². The summed E-state index contributed by atoms with van der Waals surface area (Å²) >= 11 is 3.50. The summed E-state index contributed by atoms with van der Waals surface area (Å²) in [5.74, 6) is 0.880. The van der Waals surface area contributed by atoms with Crippen LogP contribution in [0.5, 0.6) is 5.75 Å². The number of halogens is 1. The Labute approximate surface area is 134 Å². The standard InChI is InChI=1S/C16H22BrN3O/c1-11(2)20-8-7-14(19-20)10-21-16-9-13(17)5-6-15(16)12(3)18-4/h5-9,11-12,18H,10H2,1-4H3. The van der Waals surface area contributed by atoms with Crippen LogP contribution in [0.2, 0.25) is 0 Å². The van der Waals surface area contributed by atoms with E-state index in [9.17, 15) is 0 Å². The fourth-order valence-corrected chi connectivity index (χ4v) is 2.38. The van der Waals surface area contributed by atoms with Gasteiger partial charge in [0.1, 0.15) is 12.4 Å². The molecule has 0 amide bonds. The Bertz CT molecular complexity index is 595. The van der Waals surface area contributed by atoms with E-state index in [-0.39, 0.29) is 6.04 Å². The van der Waals surface area contributed by atoms with Gasteiger partial charge in [-0.05, 0) is 46.0 Å². The van der Waals surface area contributed by atoms with Crippen LogP contribution in [0.4, 0.5) is 0 Å². The Hall–Kier alpha value is -1.33. The van der Waals surface area contributed by atoms with E-state index in [0.29, 0.717) is 12.6 Å². The van der Waals surface area contributed by atoms with Crippen LogP contribution < -0.4 is 10.1 Å². The van der Waals surface area contributed by atoms with E-state index in [1.807, 2.05) is 36.1 Å². The van der Waals surface area contributed by atoms with Crippen LogP contribution in [0.15, 0.2) is 34.9 Å². The second kappa shape index (κ2) is 7.09. The molecule has 0 spiro atoms. The predicted octanol–water partition coefficient (Wildman–Crippen LogP) is 4.09. The van der Waals surface area contributed by atoms with E-state index in [1.165, 1.54) is 0 Å². The summed E-state index contributed by atoms with van der Waals surface area (Å²) < 4.78 is 8.93. The molecule has 0 aliphatic carbocycles. The minimum absolute atomic E-state index is 0.237. The van der Waals surface area contributed by atoms with Crippen LogP contribution in [0.3, 0.4) is 0 Å². The summed E-state index contributed by atoms with van der Waals surface area (Å²) in [6.07, 6.45) is 1.99. The molecule has 2 aromatic rings. The molecule has 0 radical (unpaired) electrons. The summed E-state index contributed by atoms with van der Waals surface area (Å²) in [5, 5.41) is 7.75. The normalized spacial score (nSPS) is 12.7. The summed E-state index contributed by atoms with van der Waals surface area (Å²) in [5.41, 5.74) is 2.08. The van der Waals surface area contributed by atoms with Gasteiger partial charge in [0.05, 0.1) is 5.69 Å². The molecule has 1 atom stereocenters. The van der Waals surface area contributed by atoms with Crippen molar-refractivity contribution in [1.29, 1.82) is 0 Å². The molecule has 1 heterocycles. The predicted molar refractivity (Wildman–Crippen MR) is 88.6 cm³/mol. The van der Waals surface area contributed by atoms with Gasteiger partial charge in [-0.15, -0.1) is 0 Å². The van der Waals surface area contributed by atoms with Crippen molar-refractivity contribution in [3.63, 3.8) is 0 Å². The molecule has 0 saturated carbocycles. The number of hydrogen-bond acceptors (Lipinski definition) is 3. The zero-order valence-corrected chi connectivity index (χ0v) is 14.5. The molecule has 114 valence electrons. The fourth-order valence-electron chi connectivity index (χ4n) is 2.04. The first kappa shape index (κ1) is 16.0. The van der Waals surface area contributed by atoms with Crippen molar-refractivity contribution in [2.45, 2.75) is 39.5 Å². The maximum atomic E-state index is 5.97. The number of ether oxygens (including phenoxy) is 1. The zero-order chi connectivity index (χ0) is 15.4. The number of nitrogens with zero attached hydrogens (tertiary/aromatic N) is 2. The Kier molecular flexibility index (Phi) is 5.42. The second-order valence-electron chi connectivity index (χ2n) is 5.36. The highest BCUT2D eigenvalue weighted by molar-refractivity contribution is 9.10. The van der Waals surface area contributed by atoms with Crippen molar-refractivity contribution in [3.8, 4) is 5.75 Å². The molecular weight excluding hydrogens is 330 g/mol. The fraction of sp³-hybridized carbons (Fsp3) is 0.438. The minimum Gasteiger partial charge on any atom is -0.487 e. The van der Waals surface area contributed by atoms with E-state index in [1.54, 1.807) is 0 Å². The van der Waals surface area contributed by atoms with Gasteiger partial charge in [0.15, 0.2) is 0 Å². The smallest absolute Gasteiger partial charge is 0.132 e. The van der Waals surface area contributed by atoms with Crippen molar-refractivity contribution >= 4 is 15.9 Å². The maximum absolute atomic E-state index is 5.97. The van der Waals surface area contributed by atoms with Crippen LogP contribution >= 0.6 is 15.9 Å². The molecule has 1 aromatic carbocycles. The molecular formula is C16H22BrN3O. The molecule has 1 N–H and O–H groups in total. The molecule has 1 aromatic heterocycles. The van der Waals surface area contributed by atoms with Crippen LogP contribution in [0.25, 0.3) is 0 Å². The summed E-state index contributed by atoms with van der Waals surface area (Å²) in [6, 6.07) is 8.71. The van der Waals surface area contributed by atoms with Gasteiger partial charge in [-0.3, -0.25) is 4.68 Å². The van der Waals surface area contributed by atoms with Gasteiger partial charge in [0.25, 0.3) is 0 Å². The molecule has 0 aliphatic rings. The molecule has 4 nitrogen and oxygen atoms in total. The first-order valence-electron chi connectivity index (χ1n) is 7.14. The van der Waals surface area contributed by atoms with Crippen molar-refractivity contribution in [1.82, 2.24) is 15.1 Å². The van der Waals surface area contributed by atoms with Gasteiger partial charge in [-0.25, -0.2) is 0 Å². The molecule has 0 aliphatic heterocycles. The van der Waals surface area contributed by atoms with Crippen LogP contribution in [-0.4, -0.2) is 16.8 Å². The Morgan fingerprint density at radius 3 is 2.67 bits per heavy atom. The molecule has 2 rings (SSSR count). The molecule has 1 unspecified atom stereocenters. The number of aromatic nitrogens is 2. The molecule has 21 heavy (non-hydrogen) atoms. The van der Waals surface area contributed by atoms with Gasteiger partial charge < -0.3 is 10.1 Å². The van der Waals surface area contributed by atoms with E-state index >= 15 is 0 Å². The van der Waals surface area contributed by atoms with Crippen LogP contribution in [-0.2, 0) is 6.61 Å². The highest BCUT2D eigenvalue weighted by atomic mass is 79.9. The first-order valence-corrected chi connectivity index (χ1v) is 7.94. The Balaban J connectivity index is 2.13. The third-order valence-corrected chi connectivity index (χ3v) is 3.94. The van der Waals surface area contributed by atoms with Crippen molar-refractivity contribution in [2.24, 2.45) is 0 Å². The minimum atomic E-state index is 0.237. The van der Waals surface area contributed by atoms with Crippen LogP contribution in [0.1, 0.15) is 44.1 Å². The van der Waals surface area contributed by atoms with Gasteiger partial charge >= 0.3 is 0 Å². The van der Waals surface area contributed by atoms with Crippen molar-refractivity contribution in [2.75, 3.05) is 7.05 Å². The summed E-state index contributed by atoms with van der Waals surface area (Å²) in [7, 11) is 1.95. The highest BCUT2D eigenvalue weighted by Gasteiger charge is 2.11. The average Bonchev–Trinajstić information content (AvgIpc) is 2.93. The average molecular weight is 352 g/mol. The van der Waals surface area contributed by atoms with E-state index in [4.69, 9.17) is 4.74 Å². The lowest BCUT2D eigenvalue weighted by Gasteiger charge is -2.16. The number of hydrogen-bond donors (Lipinski definition) is 1. The Morgan fingerprint density at radius 1 is 1.29 bits per heavy atom. The second-order valence-corrected chi connectivity index (χ2v) is 6.28. The number of nitrogens with one attached hydrogen (secondary N) is 1. The quantitative estimate of drug-likeness (QED) is 0.851. The van der Waals surface area contributed by atoms with Gasteiger partial charge in [-0.2, -0.15) is 5.10 Å². The van der Waals surface area contributed by atoms with Crippen molar-refractivity contribution in [3.05, 3.63) is 46.2 Å². The lowest BCUT2D eigenvalue weighted by Crippen LogP contribution is -2.14. The summed E-state index contributed by atoms with van der Waals surface area (Å²) in [6.45, 7) is 6.81. The first-order chi connectivity index (χ1) is 10.0. The monoisotopic (exact) mass is 351 g/mol. The third kappa shape index (κ3) is 4.08. The number of benzene rings is 1. The maximum Gasteiger partial charge on any atom is 0.132 e. The molecule has 0 saturated heterocycles. The Morgan fingerprint density at radius 2 is 2.05 bits per heavy atom. The van der Waals surface area contributed by atoms with E-state index in [2.05, 4.69) is 53.2 Å². The highest BCUT2D eigenvalue weighted by Crippen LogP contribution is 2.29. The largest absolute Gasteiger partial charge is 0.487 e. The lowest BCUT2D eigenvalue weighted by molar-refractivity contribution is 0.293. The van der Waals surface area contributed by atoms with Crippen LogP contribution in [0, 0.1) is 0 Å². The molecule has 0 fully saturated rings. The third-order valence-electron chi connectivity index (χ3n) is 3.44. The van der Waals surface area contributed by atoms with Gasteiger partial charge in [-0.1, -0.05) is 22.0 Å². The lowest BCUT2D eigenvalue weighted by atomic mass is 10.1. The molecule has 5 heteroatoms. The topological polar surface area (TPSA) is 39.1 Å². The summed E-state index contributed by atoms with van der Waals surface area (Å²) in [4.78, 5) is 0.